The van der Waals surface area contributed by atoms with Gasteiger partial charge in [0.2, 0.25) is 0 Å². The molecule has 1 aromatic carbocycles. The molecule has 0 saturated carbocycles. The summed E-state index contributed by atoms with van der Waals surface area (Å²) < 4.78 is 26.4. The zero-order valence-corrected chi connectivity index (χ0v) is 21.9. The maximum absolute atomic E-state index is 12.4. The fourth-order valence-electron chi connectivity index (χ4n) is 3.58. The van der Waals surface area contributed by atoms with Gasteiger partial charge in [0.25, 0.3) is 0 Å². The van der Waals surface area contributed by atoms with E-state index in [0.29, 0.717) is 24.5 Å². The predicted octanol–water partition coefficient (Wildman–Crippen LogP) is 1.59. The standard InChI is InChI=1S/C21H32N6O3S.HI/c1-3-22-20(24-14-12-17-8-10-18(11-9-17)31(2,29)30)23-13-6-16-27-21(28)26-15-5-4-7-19(26)25-27;/h8-11H,3-7,12-16H2,1-2H3,(H2,22,23,24);1H. The minimum atomic E-state index is -3.17. The normalized spacial score (nSPS) is 13.9. The third-order valence-corrected chi connectivity index (χ3v) is 6.36. The minimum absolute atomic E-state index is 0. The molecule has 178 valence electrons. The van der Waals surface area contributed by atoms with Gasteiger partial charge in [0, 0.05) is 45.4 Å². The average molecular weight is 577 g/mol. The van der Waals surface area contributed by atoms with Gasteiger partial charge >= 0.3 is 5.69 Å². The first kappa shape index (κ1) is 26.4. The topological polar surface area (TPSA) is 110 Å². The predicted molar refractivity (Wildman–Crippen MR) is 137 cm³/mol. The lowest BCUT2D eigenvalue weighted by atomic mass is 10.1. The van der Waals surface area contributed by atoms with Gasteiger partial charge in [-0.2, -0.15) is 5.10 Å². The molecular formula is C21H33IN6O3S. The molecule has 1 aromatic heterocycles. The average Bonchev–Trinajstić information content (AvgIpc) is 3.07. The number of guanidine groups is 1. The van der Waals surface area contributed by atoms with E-state index in [0.717, 1.165) is 62.5 Å². The van der Waals surface area contributed by atoms with Crippen LogP contribution in [-0.2, 0) is 35.8 Å². The zero-order chi connectivity index (χ0) is 22.3. The number of aliphatic imine (C=N–C) groups is 1. The number of halogens is 1. The van der Waals surface area contributed by atoms with Crippen LogP contribution in [0.4, 0.5) is 0 Å². The van der Waals surface area contributed by atoms with E-state index < -0.39 is 9.84 Å². The summed E-state index contributed by atoms with van der Waals surface area (Å²) in [5.41, 5.74) is 1.05. The van der Waals surface area contributed by atoms with Crippen LogP contribution in [0.1, 0.15) is 37.6 Å². The molecule has 0 atom stereocenters. The second-order valence-corrected chi connectivity index (χ2v) is 9.75. The van der Waals surface area contributed by atoms with Crippen molar-refractivity contribution in [2.75, 3.05) is 25.9 Å². The second kappa shape index (κ2) is 12.4. The Morgan fingerprint density at radius 1 is 1.19 bits per heavy atom. The number of nitrogens with one attached hydrogen (secondary N) is 2. The van der Waals surface area contributed by atoms with Crippen LogP contribution in [-0.4, -0.2) is 54.6 Å². The Kier molecular flexibility index (Phi) is 10.2. The maximum atomic E-state index is 12.4. The monoisotopic (exact) mass is 576 g/mol. The third kappa shape index (κ3) is 7.32. The van der Waals surface area contributed by atoms with Crippen LogP contribution in [0.15, 0.2) is 38.9 Å². The van der Waals surface area contributed by atoms with Crippen LogP contribution in [0.3, 0.4) is 0 Å². The molecule has 0 fully saturated rings. The van der Waals surface area contributed by atoms with E-state index in [2.05, 4.69) is 20.7 Å². The van der Waals surface area contributed by atoms with Crippen molar-refractivity contribution in [3.8, 4) is 0 Å². The molecule has 0 radical (unpaired) electrons. The van der Waals surface area contributed by atoms with E-state index in [9.17, 15) is 13.2 Å². The van der Waals surface area contributed by atoms with Gasteiger partial charge in [-0.05, 0) is 50.3 Å². The Balaban J connectivity index is 0.00000363. The third-order valence-electron chi connectivity index (χ3n) is 5.23. The highest BCUT2D eigenvalue weighted by molar-refractivity contribution is 14.0. The number of sulfone groups is 1. The summed E-state index contributed by atoms with van der Waals surface area (Å²) >= 11 is 0. The van der Waals surface area contributed by atoms with Crippen LogP contribution in [0.25, 0.3) is 0 Å². The number of nitrogens with zero attached hydrogens (tertiary/aromatic N) is 4. The van der Waals surface area contributed by atoms with E-state index in [1.54, 1.807) is 21.4 Å². The van der Waals surface area contributed by atoms with Crippen molar-refractivity contribution in [2.45, 2.75) is 57.0 Å². The van der Waals surface area contributed by atoms with Crippen molar-refractivity contribution >= 4 is 39.8 Å². The Hall–Kier alpha value is -1.89. The van der Waals surface area contributed by atoms with Crippen molar-refractivity contribution in [2.24, 2.45) is 4.99 Å². The van der Waals surface area contributed by atoms with Gasteiger partial charge in [-0.15, -0.1) is 24.0 Å². The van der Waals surface area contributed by atoms with Gasteiger partial charge in [0.1, 0.15) is 5.82 Å². The molecule has 0 unspecified atom stereocenters. The molecule has 2 aromatic rings. The van der Waals surface area contributed by atoms with Crippen LogP contribution in [0.5, 0.6) is 0 Å². The van der Waals surface area contributed by atoms with Crippen LogP contribution >= 0.6 is 24.0 Å². The van der Waals surface area contributed by atoms with E-state index >= 15 is 0 Å². The number of aromatic nitrogens is 3. The number of hydrogen-bond donors (Lipinski definition) is 2. The first-order valence-electron chi connectivity index (χ1n) is 10.9. The lowest BCUT2D eigenvalue weighted by molar-refractivity contribution is 0.509. The zero-order valence-electron chi connectivity index (χ0n) is 18.7. The molecule has 2 heterocycles. The van der Waals surface area contributed by atoms with Crippen LogP contribution < -0.4 is 16.3 Å². The maximum Gasteiger partial charge on any atom is 0.345 e. The van der Waals surface area contributed by atoms with Gasteiger partial charge < -0.3 is 10.6 Å². The number of fused-ring (bicyclic) bond motifs is 1. The van der Waals surface area contributed by atoms with Gasteiger partial charge in [-0.1, -0.05) is 12.1 Å². The van der Waals surface area contributed by atoms with Crippen LogP contribution in [0, 0.1) is 0 Å². The molecule has 0 spiro atoms. The van der Waals surface area contributed by atoms with Gasteiger partial charge in [0.05, 0.1) is 4.90 Å². The Morgan fingerprint density at radius 3 is 2.59 bits per heavy atom. The molecule has 2 N–H and O–H groups in total. The van der Waals surface area contributed by atoms with Gasteiger partial charge in [-0.3, -0.25) is 9.56 Å². The fourth-order valence-corrected chi connectivity index (χ4v) is 4.21. The molecule has 0 amide bonds. The molecule has 3 rings (SSSR count). The van der Waals surface area contributed by atoms with Gasteiger partial charge in [0.15, 0.2) is 15.8 Å². The summed E-state index contributed by atoms with van der Waals surface area (Å²) in [5.74, 6) is 1.63. The summed E-state index contributed by atoms with van der Waals surface area (Å²) in [7, 11) is -3.17. The highest BCUT2D eigenvalue weighted by Crippen LogP contribution is 2.11. The smallest absolute Gasteiger partial charge is 0.345 e. The Bertz CT molecular complexity index is 1060. The lowest BCUT2D eigenvalue weighted by Gasteiger charge is -2.11. The van der Waals surface area contributed by atoms with Crippen molar-refractivity contribution in [1.29, 1.82) is 0 Å². The quantitative estimate of drug-likeness (QED) is 0.203. The van der Waals surface area contributed by atoms with E-state index in [4.69, 9.17) is 0 Å². The Labute approximate surface area is 206 Å². The fraction of sp³-hybridized carbons (Fsp3) is 0.571. The SMILES string of the molecule is CCNC(=NCCCn1nc2n(c1=O)CCCC2)NCCc1ccc(S(C)(=O)=O)cc1.I. The summed E-state index contributed by atoms with van der Waals surface area (Å²) in [4.78, 5) is 17.3. The van der Waals surface area contributed by atoms with Gasteiger partial charge in [-0.25, -0.2) is 17.9 Å². The number of rotatable bonds is 9. The lowest BCUT2D eigenvalue weighted by Crippen LogP contribution is -2.38. The van der Waals surface area contributed by atoms with Crippen molar-refractivity contribution in [1.82, 2.24) is 25.0 Å². The largest absolute Gasteiger partial charge is 0.357 e. The molecule has 0 aliphatic carbocycles. The van der Waals surface area contributed by atoms with E-state index in [1.807, 2.05) is 19.1 Å². The Morgan fingerprint density at radius 2 is 1.94 bits per heavy atom. The molecule has 1 aliphatic heterocycles. The molecular weight excluding hydrogens is 543 g/mol. The van der Waals surface area contributed by atoms with Crippen molar-refractivity contribution < 1.29 is 8.42 Å². The minimum Gasteiger partial charge on any atom is -0.357 e. The summed E-state index contributed by atoms with van der Waals surface area (Å²) in [6, 6.07) is 6.95. The van der Waals surface area contributed by atoms with Crippen LogP contribution in [0.2, 0.25) is 0 Å². The molecule has 0 saturated heterocycles. The molecule has 11 heteroatoms. The molecule has 1 aliphatic rings. The summed E-state index contributed by atoms with van der Waals surface area (Å²) in [6.07, 6.45) is 5.72. The van der Waals surface area contributed by atoms with Crippen molar-refractivity contribution in [3.63, 3.8) is 0 Å². The molecule has 32 heavy (non-hydrogen) atoms. The van der Waals surface area contributed by atoms with E-state index in [1.165, 1.54) is 6.26 Å². The van der Waals surface area contributed by atoms with E-state index in [-0.39, 0.29) is 29.7 Å². The first-order chi connectivity index (χ1) is 14.9. The summed E-state index contributed by atoms with van der Waals surface area (Å²) in [6.45, 7) is 5.37. The summed E-state index contributed by atoms with van der Waals surface area (Å²) in [5, 5.41) is 11.0. The number of hydrogen-bond acceptors (Lipinski definition) is 5. The molecule has 9 nitrogen and oxygen atoms in total. The highest BCUT2D eigenvalue weighted by Gasteiger charge is 2.16. The van der Waals surface area contributed by atoms with Crippen molar-refractivity contribution in [3.05, 3.63) is 46.1 Å². The second-order valence-electron chi connectivity index (χ2n) is 7.74. The number of aryl methyl sites for hydroxylation is 2. The number of benzene rings is 1. The first-order valence-corrected chi connectivity index (χ1v) is 12.8. The molecule has 0 bridgehead atoms. The highest BCUT2D eigenvalue weighted by atomic mass is 127.